The van der Waals surface area contributed by atoms with Crippen molar-refractivity contribution in [1.82, 2.24) is 10.4 Å². The van der Waals surface area contributed by atoms with Crippen molar-refractivity contribution < 1.29 is 9.53 Å². The molecule has 0 aromatic heterocycles. The first-order chi connectivity index (χ1) is 10.5. The van der Waals surface area contributed by atoms with Crippen LogP contribution in [0.4, 0.5) is 4.79 Å². The van der Waals surface area contributed by atoms with E-state index >= 15 is 0 Å². The van der Waals surface area contributed by atoms with Crippen LogP contribution >= 0.6 is 11.6 Å². The molecule has 23 heavy (non-hydrogen) atoms. The van der Waals surface area contributed by atoms with Crippen molar-refractivity contribution in [2.24, 2.45) is 16.6 Å². The minimum absolute atomic E-state index is 0.0677. The van der Waals surface area contributed by atoms with Gasteiger partial charge in [-0.2, -0.15) is 5.26 Å². The normalized spacial score (nSPS) is 12.6. The van der Waals surface area contributed by atoms with Crippen LogP contribution in [0.3, 0.4) is 0 Å². The number of carbonyl (C=O) groups is 1. The van der Waals surface area contributed by atoms with Crippen LogP contribution in [0.15, 0.2) is 28.5 Å². The zero-order valence-corrected chi connectivity index (χ0v) is 14.9. The Kier molecular flexibility index (Phi) is 8.19. The summed E-state index contributed by atoms with van der Waals surface area (Å²) >= 11 is 6.05. The number of hydrogen-bond donors (Lipinski definition) is 2. The van der Waals surface area contributed by atoms with Crippen LogP contribution in [-0.4, -0.2) is 29.1 Å². The first kappa shape index (κ1) is 20.8. The number of carbonyl (C=O) groups excluding carboxylic acids is 1. The number of nitriles is 1. The number of nitrogens with two attached hydrogens (primary N) is 1. The van der Waals surface area contributed by atoms with Gasteiger partial charge in [0.25, 0.3) is 0 Å². The van der Waals surface area contributed by atoms with Crippen LogP contribution in [0.5, 0.6) is 0 Å². The van der Waals surface area contributed by atoms with E-state index < -0.39 is 11.7 Å². The number of halogens is 1. The second-order valence-corrected chi connectivity index (χ2v) is 6.53. The standard InChI is InChI=1S/C15H24ClN5O2/c1-10(2)9-21(20-14(22)23-15(4,5)6)13(12(16)8-18)19-11(3)7-17/h8,10H,3,9,18H2,1-2,4-6H3,(H,20,22)/b12-8+,19-13?. The summed E-state index contributed by atoms with van der Waals surface area (Å²) in [6.07, 6.45) is 0.449. The average molecular weight is 342 g/mol. The van der Waals surface area contributed by atoms with Crippen LogP contribution in [0.1, 0.15) is 34.6 Å². The summed E-state index contributed by atoms with van der Waals surface area (Å²) in [5.74, 6) is 0.271. The fraction of sp³-hybridized carbons (Fsp3) is 0.533. The monoisotopic (exact) mass is 341 g/mol. The molecule has 0 radical (unpaired) electrons. The minimum Gasteiger partial charge on any atom is -0.443 e. The van der Waals surface area contributed by atoms with E-state index in [9.17, 15) is 4.79 Å². The van der Waals surface area contributed by atoms with Crippen molar-refractivity contribution in [2.45, 2.75) is 40.2 Å². The molecule has 0 aromatic carbocycles. The van der Waals surface area contributed by atoms with Crippen molar-refractivity contribution in [3.05, 3.63) is 23.5 Å². The molecule has 3 N–H and O–H groups in total. The van der Waals surface area contributed by atoms with Gasteiger partial charge in [-0.15, -0.1) is 0 Å². The number of rotatable bonds is 4. The summed E-state index contributed by atoms with van der Waals surface area (Å²) in [4.78, 5) is 16.0. The Balaban J connectivity index is 5.55. The first-order valence-electron chi connectivity index (χ1n) is 7.02. The predicted octanol–water partition coefficient (Wildman–Crippen LogP) is 2.86. The number of ether oxygens (including phenoxy) is 1. The molecule has 0 aromatic rings. The first-order valence-corrected chi connectivity index (χ1v) is 7.40. The molecule has 0 spiro atoms. The Hall–Kier alpha value is -2.20. The highest BCUT2D eigenvalue weighted by Crippen LogP contribution is 2.12. The molecule has 0 aliphatic heterocycles. The van der Waals surface area contributed by atoms with Crippen molar-refractivity contribution in [3.63, 3.8) is 0 Å². The van der Waals surface area contributed by atoms with Gasteiger partial charge in [-0.3, -0.25) is 5.01 Å². The highest BCUT2D eigenvalue weighted by molar-refractivity contribution is 6.43. The van der Waals surface area contributed by atoms with Gasteiger partial charge in [0.2, 0.25) is 0 Å². The summed E-state index contributed by atoms with van der Waals surface area (Å²) in [5, 5.41) is 10.3. The average Bonchev–Trinajstić information content (AvgIpc) is 2.40. The summed E-state index contributed by atoms with van der Waals surface area (Å²) in [6, 6.07) is 1.79. The summed E-state index contributed by atoms with van der Waals surface area (Å²) in [5.41, 5.74) is 7.27. The Labute approximate surface area is 142 Å². The molecule has 0 bridgehead atoms. The molecule has 7 nitrogen and oxygen atoms in total. The molecule has 0 aliphatic carbocycles. The van der Waals surface area contributed by atoms with Crippen LogP contribution in [0.2, 0.25) is 0 Å². The number of nitrogens with one attached hydrogen (secondary N) is 1. The molecule has 128 valence electrons. The molecule has 0 saturated carbocycles. The van der Waals surface area contributed by atoms with Gasteiger partial charge in [0.15, 0.2) is 5.84 Å². The smallest absolute Gasteiger partial charge is 0.426 e. The van der Waals surface area contributed by atoms with Gasteiger partial charge >= 0.3 is 6.09 Å². The molecule has 0 rings (SSSR count). The Morgan fingerprint density at radius 1 is 1.57 bits per heavy atom. The molecule has 0 atom stereocenters. The number of hydrogen-bond acceptors (Lipinski definition) is 5. The predicted molar refractivity (Wildman–Crippen MR) is 91.2 cm³/mol. The number of nitrogens with zero attached hydrogens (tertiary/aromatic N) is 3. The van der Waals surface area contributed by atoms with Crippen molar-refractivity contribution in [1.29, 1.82) is 5.26 Å². The Morgan fingerprint density at radius 2 is 2.13 bits per heavy atom. The topological polar surface area (TPSA) is 104 Å². The van der Waals surface area contributed by atoms with Crippen LogP contribution in [0.25, 0.3) is 0 Å². The highest BCUT2D eigenvalue weighted by atomic mass is 35.5. The molecule has 0 heterocycles. The fourth-order valence-corrected chi connectivity index (χ4v) is 1.58. The molecular formula is C15H24ClN5O2. The third-order valence-corrected chi connectivity index (χ3v) is 2.45. The lowest BCUT2D eigenvalue weighted by Gasteiger charge is -2.29. The second kappa shape index (κ2) is 9.06. The third-order valence-electron chi connectivity index (χ3n) is 2.16. The van der Waals surface area contributed by atoms with Crippen molar-refractivity contribution in [3.8, 4) is 6.07 Å². The SMILES string of the molecule is C=C(C#N)N=C(/C(Cl)=C\N)N(CC(C)C)NC(=O)OC(C)(C)C. The van der Waals surface area contributed by atoms with Gasteiger partial charge in [0.05, 0.1) is 0 Å². The van der Waals surface area contributed by atoms with Crippen molar-refractivity contribution >= 4 is 23.5 Å². The Bertz CT molecular complexity index is 541. The van der Waals surface area contributed by atoms with Gasteiger partial charge in [-0.25, -0.2) is 15.2 Å². The van der Waals surface area contributed by atoms with Gasteiger partial charge < -0.3 is 10.5 Å². The number of allylic oxidation sites excluding steroid dienone is 1. The van der Waals surface area contributed by atoms with E-state index in [0.29, 0.717) is 6.54 Å². The summed E-state index contributed by atoms with van der Waals surface area (Å²) < 4.78 is 5.22. The zero-order valence-electron chi connectivity index (χ0n) is 14.2. The minimum atomic E-state index is -0.671. The largest absolute Gasteiger partial charge is 0.443 e. The number of amides is 1. The fourth-order valence-electron chi connectivity index (χ4n) is 1.43. The van der Waals surface area contributed by atoms with Crippen LogP contribution < -0.4 is 11.2 Å². The van der Waals surface area contributed by atoms with Gasteiger partial charge in [-0.1, -0.05) is 32.0 Å². The van der Waals surface area contributed by atoms with Gasteiger partial charge in [0, 0.05) is 12.7 Å². The van der Waals surface area contributed by atoms with Crippen molar-refractivity contribution in [2.75, 3.05) is 6.54 Å². The van der Waals surface area contributed by atoms with Gasteiger partial charge in [-0.05, 0) is 26.7 Å². The number of amidine groups is 1. The van der Waals surface area contributed by atoms with Crippen LogP contribution in [0, 0.1) is 17.2 Å². The van der Waals surface area contributed by atoms with E-state index in [1.54, 1.807) is 26.8 Å². The van der Waals surface area contributed by atoms with E-state index in [1.165, 1.54) is 5.01 Å². The molecule has 0 saturated heterocycles. The molecule has 1 amide bonds. The quantitative estimate of drug-likeness (QED) is 0.354. The Morgan fingerprint density at radius 3 is 2.52 bits per heavy atom. The van der Waals surface area contributed by atoms with E-state index in [0.717, 1.165) is 6.20 Å². The summed E-state index contributed by atoms with van der Waals surface area (Å²) in [6.45, 7) is 13.0. The van der Waals surface area contributed by atoms with Gasteiger partial charge in [0.1, 0.15) is 22.4 Å². The number of aliphatic imine (C=N–C) groups is 1. The van der Waals surface area contributed by atoms with E-state index in [2.05, 4.69) is 17.0 Å². The maximum atomic E-state index is 12.0. The lowest BCUT2D eigenvalue weighted by atomic mass is 10.2. The zero-order chi connectivity index (χ0) is 18.2. The van der Waals surface area contributed by atoms with E-state index in [-0.39, 0.29) is 22.5 Å². The molecule has 0 aliphatic rings. The highest BCUT2D eigenvalue weighted by Gasteiger charge is 2.22. The van der Waals surface area contributed by atoms with Crippen LogP contribution in [-0.2, 0) is 4.74 Å². The lowest BCUT2D eigenvalue weighted by Crippen LogP contribution is -2.49. The number of hydrazine groups is 1. The second-order valence-electron chi connectivity index (χ2n) is 6.13. The molecule has 8 heteroatoms. The maximum Gasteiger partial charge on any atom is 0.426 e. The van der Waals surface area contributed by atoms with E-state index in [1.807, 2.05) is 13.8 Å². The molecule has 0 fully saturated rings. The maximum absolute atomic E-state index is 12.0. The molecule has 0 unspecified atom stereocenters. The lowest BCUT2D eigenvalue weighted by molar-refractivity contribution is 0.0408. The molecular weight excluding hydrogens is 318 g/mol. The summed E-state index contributed by atoms with van der Waals surface area (Å²) in [7, 11) is 0. The third kappa shape index (κ3) is 8.73. The van der Waals surface area contributed by atoms with E-state index in [4.69, 9.17) is 27.3 Å².